The molecule has 0 spiro atoms. The van der Waals surface area contributed by atoms with E-state index in [1.807, 2.05) is 5.32 Å². The Morgan fingerprint density at radius 1 is 1.29 bits per heavy atom. The van der Waals surface area contributed by atoms with Crippen molar-refractivity contribution in [1.82, 2.24) is 20.9 Å². The van der Waals surface area contributed by atoms with Crippen LogP contribution in [0.25, 0.3) is 0 Å². The van der Waals surface area contributed by atoms with Crippen molar-refractivity contribution < 1.29 is 32.3 Å². The summed E-state index contributed by atoms with van der Waals surface area (Å²) < 4.78 is 39.9. The number of hydrogen-bond donors (Lipinski definition) is 3. The minimum Gasteiger partial charge on any atom is -0.334 e. The third-order valence-electron chi connectivity index (χ3n) is 4.01. The number of carbonyl (C=O) groups excluding carboxylic acids is 4. The maximum atomic E-state index is 13.3. The first-order chi connectivity index (χ1) is 13.0. The van der Waals surface area contributed by atoms with Crippen molar-refractivity contribution in [2.75, 3.05) is 13.1 Å². The fraction of sp³-hybridized carbons (Fsp3) is 0.294. The summed E-state index contributed by atoms with van der Waals surface area (Å²) in [6.45, 7) is 3.73. The smallest absolute Gasteiger partial charge is 0.334 e. The van der Waals surface area contributed by atoms with Crippen molar-refractivity contribution in [2.45, 2.75) is 18.6 Å². The Morgan fingerprint density at radius 3 is 2.54 bits per heavy atom. The van der Waals surface area contributed by atoms with E-state index in [-0.39, 0.29) is 6.54 Å². The van der Waals surface area contributed by atoms with Gasteiger partial charge in [0.05, 0.1) is 5.56 Å². The van der Waals surface area contributed by atoms with Gasteiger partial charge in [0.1, 0.15) is 12.1 Å². The van der Waals surface area contributed by atoms with Crippen molar-refractivity contribution in [3.05, 3.63) is 48.0 Å². The maximum absolute atomic E-state index is 13.3. The Morgan fingerprint density at radius 2 is 1.93 bits per heavy atom. The van der Waals surface area contributed by atoms with Crippen LogP contribution in [0, 0.1) is 0 Å². The van der Waals surface area contributed by atoms with Gasteiger partial charge in [-0.15, -0.1) is 6.58 Å². The van der Waals surface area contributed by atoms with Gasteiger partial charge in [0, 0.05) is 6.54 Å². The van der Waals surface area contributed by atoms with Gasteiger partial charge >= 0.3 is 18.2 Å². The van der Waals surface area contributed by atoms with Gasteiger partial charge in [-0.1, -0.05) is 24.3 Å². The average molecular weight is 398 g/mol. The minimum atomic E-state index is -4.75. The van der Waals surface area contributed by atoms with E-state index < -0.39 is 53.3 Å². The Bertz CT molecular complexity index is 840. The monoisotopic (exact) mass is 398 g/mol. The van der Waals surface area contributed by atoms with Crippen molar-refractivity contribution in [3.8, 4) is 0 Å². The molecule has 6 amide bonds. The molecule has 1 fully saturated rings. The van der Waals surface area contributed by atoms with E-state index in [9.17, 15) is 32.3 Å². The zero-order chi connectivity index (χ0) is 21.1. The number of amides is 6. The zero-order valence-electron chi connectivity index (χ0n) is 14.7. The van der Waals surface area contributed by atoms with Crippen LogP contribution in [0.2, 0.25) is 0 Å². The number of halogens is 3. The Labute approximate surface area is 157 Å². The molecule has 1 aromatic carbocycles. The molecule has 8 nitrogen and oxygen atoms in total. The van der Waals surface area contributed by atoms with Crippen LogP contribution in [0.15, 0.2) is 36.9 Å². The Kier molecular flexibility index (Phi) is 5.76. The molecule has 1 heterocycles. The third kappa shape index (κ3) is 4.13. The summed E-state index contributed by atoms with van der Waals surface area (Å²) >= 11 is 0. The van der Waals surface area contributed by atoms with Crippen molar-refractivity contribution in [1.29, 1.82) is 0 Å². The summed E-state index contributed by atoms with van der Waals surface area (Å²) in [5, 5.41) is 6.35. The van der Waals surface area contributed by atoms with Crippen molar-refractivity contribution in [3.63, 3.8) is 0 Å². The molecule has 11 heteroatoms. The first-order valence-electron chi connectivity index (χ1n) is 8.00. The van der Waals surface area contributed by atoms with Gasteiger partial charge in [-0.3, -0.25) is 19.8 Å². The maximum Gasteiger partial charge on any atom is 0.416 e. The van der Waals surface area contributed by atoms with Crippen molar-refractivity contribution >= 4 is 23.9 Å². The van der Waals surface area contributed by atoms with Gasteiger partial charge in [0.2, 0.25) is 5.91 Å². The second kappa shape index (κ2) is 7.71. The predicted octanol–water partition coefficient (Wildman–Crippen LogP) is 1.48. The number of nitrogens with one attached hydrogen (secondary N) is 3. The molecule has 0 aromatic heterocycles. The highest BCUT2D eigenvalue weighted by Gasteiger charge is 2.52. The van der Waals surface area contributed by atoms with Gasteiger partial charge in [-0.05, 0) is 18.6 Å². The highest BCUT2D eigenvalue weighted by atomic mass is 19.4. The SMILES string of the molecule is C=CCNC(=O)NC(=O)CN1C(=O)N[C@@](C)(c2ccccc2C(F)(F)F)C1=O. The van der Waals surface area contributed by atoms with Gasteiger partial charge in [-0.2, -0.15) is 13.2 Å². The van der Waals surface area contributed by atoms with Crippen LogP contribution in [0.3, 0.4) is 0 Å². The first-order valence-corrected chi connectivity index (χ1v) is 8.00. The lowest BCUT2D eigenvalue weighted by Crippen LogP contribution is -2.47. The van der Waals surface area contributed by atoms with E-state index in [0.29, 0.717) is 4.90 Å². The summed E-state index contributed by atoms with van der Waals surface area (Å²) in [6, 6.07) is 2.40. The van der Waals surface area contributed by atoms with E-state index in [0.717, 1.165) is 25.1 Å². The molecule has 1 aliphatic heterocycles. The molecule has 2 rings (SSSR count). The molecule has 3 N–H and O–H groups in total. The van der Waals surface area contributed by atoms with Gasteiger partial charge in [-0.25, -0.2) is 9.59 Å². The molecule has 0 bridgehead atoms. The molecule has 1 aliphatic rings. The topological polar surface area (TPSA) is 108 Å². The van der Waals surface area contributed by atoms with Crippen LogP contribution in [-0.4, -0.2) is 41.9 Å². The summed E-state index contributed by atoms with van der Waals surface area (Å²) in [6.07, 6.45) is -3.39. The largest absolute Gasteiger partial charge is 0.416 e. The van der Waals surface area contributed by atoms with Gasteiger partial charge in [0.15, 0.2) is 0 Å². The lowest BCUT2D eigenvalue weighted by Gasteiger charge is -2.25. The predicted molar refractivity (Wildman–Crippen MR) is 90.8 cm³/mol. The minimum absolute atomic E-state index is 0.0779. The summed E-state index contributed by atoms with van der Waals surface area (Å²) in [4.78, 5) is 48.6. The quantitative estimate of drug-likeness (QED) is 0.516. The summed E-state index contributed by atoms with van der Waals surface area (Å²) in [7, 11) is 0. The number of alkyl halides is 3. The lowest BCUT2D eigenvalue weighted by molar-refractivity contribution is -0.140. The molecule has 0 saturated carbocycles. The normalized spacial score (nSPS) is 19.2. The number of carbonyl (C=O) groups is 4. The van der Waals surface area contributed by atoms with Crippen LogP contribution < -0.4 is 16.0 Å². The van der Waals surface area contributed by atoms with Crippen LogP contribution in [0.4, 0.5) is 22.8 Å². The van der Waals surface area contributed by atoms with E-state index in [1.165, 1.54) is 12.1 Å². The second-order valence-corrected chi connectivity index (χ2v) is 6.04. The zero-order valence-corrected chi connectivity index (χ0v) is 14.7. The van der Waals surface area contributed by atoms with Gasteiger partial charge in [0.25, 0.3) is 5.91 Å². The number of benzene rings is 1. The van der Waals surface area contributed by atoms with Crippen LogP contribution in [0.5, 0.6) is 0 Å². The second-order valence-electron chi connectivity index (χ2n) is 6.04. The fourth-order valence-electron chi connectivity index (χ4n) is 2.71. The molecular weight excluding hydrogens is 381 g/mol. The highest BCUT2D eigenvalue weighted by Crippen LogP contribution is 2.39. The fourth-order valence-corrected chi connectivity index (χ4v) is 2.71. The number of nitrogens with zero attached hydrogens (tertiary/aromatic N) is 1. The third-order valence-corrected chi connectivity index (χ3v) is 4.01. The van der Waals surface area contributed by atoms with Crippen LogP contribution in [0.1, 0.15) is 18.1 Å². The molecule has 1 atom stereocenters. The molecule has 150 valence electrons. The Balaban J connectivity index is 2.23. The van der Waals surface area contributed by atoms with Gasteiger partial charge < -0.3 is 10.6 Å². The van der Waals surface area contributed by atoms with E-state index in [2.05, 4.69) is 17.2 Å². The highest BCUT2D eigenvalue weighted by molar-refractivity contribution is 6.10. The average Bonchev–Trinajstić information content (AvgIpc) is 2.83. The molecule has 28 heavy (non-hydrogen) atoms. The van der Waals surface area contributed by atoms with Crippen LogP contribution in [-0.2, 0) is 21.3 Å². The number of hydrogen-bond acceptors (Lipinski definition) is 4. The standard InChI is InChI=1S/C17H17F3N4O4/c1-3-8-21-14(27)22-12(25)9-24-13(26)16(2,23-15(24)28)10-6-4-5-7-11(10)17(18,19)20/h3-7H,1,8-9H2,2H3,(H,23,28)(H2,21,22,25,27)/t16-/m0/s1. The number of urea groups is 2. The molecule has 0 aliphatic carbocycles. The molecular formula is C17H17F3N4O4. The van der Waals surface area contributed by atoms with E-state index >= 15 is 0 Å². The Hall–Kier alpha value is -3.37. The lowest BCUT2D eigenvalue weighted by atomic mass is 9.87. The number of imide groups is 2. The molecule has 0 unspecified atom stereocenters. The molecule has 1 saturated heterocycles. The molecule has 1 aromatic rings. The van der Waals surface area contributed by atoms with E-state index in [1.54, 1.807) is 0 Å². The summed E-state index contributed by atoms with van der Waals surface area (Å²) in [5.41, 5.74) is -3.55. The van der Waals surface area contributed by atoms with Crippen LogP contribution >= 0.6 is 0 Å². The number of rotatable bonds is 5. The molecule has 0 radical (unpaired) electrons. The van der Waals surface area contributed by atoms with Crippen molar-refractivity contribution in [2.24, 2.45) is 0 Å². The first kappa shape index (κ1) is 20.9. The van der Waals surface area contributed by atoms with E-state index in [4.69, 9.17) is 0 Å². The summed E-state index contributed by atoms with van der Waals surface area (Å²) in [5.74, 6) is -2.03.